The largest absolute Gasteiger partial charge is 0.310 e. The fraction of sp³-hybridized carbons (Fsp3) is 0.111. The Balaban J connectivity index is 1.15. The van der Waals surface area contributed by atoms with Crippen molar-refractivity contribution in [1.82, 2.24) is 4.57 Å². The van der Waals surface area contributed by atoms with Gasteiger partial charge in [0, 0.05) is 33.0 Å². The van der Waals surface area contributed by atoms with Gasteiger partial charge in [-0.3, -0.25) is 0 Å². The lowest BCUT2D eigenvalue weighted by molar-refractivity contribution is 0.627. The van der Waals surface area contributed by atoms with E-state index in [2.05, 4.69) is 172 Å². The summed E-state index contributed by atoms with van der Waals surface area (Å²) in [4.78, 5) is 1.93. The first-order valence-corrected chi connectivity index (χ1v) is 19.4. The van der Waals surface area contributed by atoms with Gasteiger partial charge in [-0.15, -0.1) is 0 Å². The van der Waals surface area contributed by atoms with Crippen molar-refractivity contribution in [3.8, 4) is 39.1 Å². The van der Waals surface area contributed by atoms with Gasteiger partial charge in [-0.2, -0.15) is 0 Å². The molecular formula is C54H42N2. The Kier molecular flexibility index (Phi) is 5.94. The third kappa shape index (κ3) is 4.69. The molecule has 2 heteroatoms. The number of fused-ring (bicyclic) bond motifs is 8. The van der Waals surface area contributed by atoms with Gasteiger partial charge in [0.25, 0.3) is 0 Å². The van der Waals surface area contributed by atoms with Crippen molar-refractivity contribution in [2.45, 2.75) is 38.5 Å². The Bertz CT molecular complexity index is 3280. The van der Waals surface area contributed by atoms with Crippen LogP contribution in [0.1, 0.15) is 56.8 Å². The van der Waals surface area contributed by atoms with Crippen LogP contribution in [-0.2, 0) is 10.8 Å². The fourth-order valence-corrected chi connectivity index (χ4v) is 9.57. The second-order valence-electron chi connectivity index (χ2n) is 16.3. The van der Waals surface area contributed by atoms with Crippen LogP contribution in [0.4, 0.5) is 17.1 Å². The molecule has 0 atom stereocenters. The molecule has 0 amide bonds. The highest BCUT2D eigenvalue weighted by Crippen LogP contribution is 2.58. The van der Waals surface area contributed by atoms with E-state index in [1.54, 1.807) is 0 Å². The lowest BCUT2D eigenvalue weighted by atomic mass is 9.71. The minimum Gasteiger partial charge on any atom is -0.310 e. The van der Waals surface area contributed by atoms with Gasteiger partial charge >= 0.3 is 0 Å². The Hall–Kier alpha value is -6.64. The molecule has 11 rings (SSSR count). The molecule has 0 spiro atoms. The highest BCUT2D eigenvalue weighted by molar-refractivity contribution is 6.11. The molecule has 1 aromatic heterocycles. The molecule has 268 valence electrons. The molecule has 0 saturated heterocycles. The third-order valence-corrected chi connectivity index (χ3v) is 12.5. The lowest BCUT2D eigenvalue weighted by Crippen LogP contribution is -2.31. The van der Waals surface area contributed by atoms with Gasteiger partial charge in [-0.05, 0) is 128 Å². The molecule has 2 heterocycles. The first kappa shape index (κ1) is 27.9. The molecule has 0 radical (unpaired) electrons. The number of aromatic nitrogens is 1. The topological polar surface area (TPSA) is 8.17 Å². The minimum absolute atomic E-state index is 0.148. The van der Waals surface area contributed by atoms with E-state index in [1.165, 1.54) is 27.6 Å². The maximum atomic E-state index is 9.23. The minimum atomic E-state index is -0.529. The van der Waals surface area contributed by atoms with Crippen molar-refractivity contribution in [3.05, 3.63) is 204 Å². The molecule has 2 aliphatic rings. The van der Waals surface area contributed by atoms with E-state index in [1.807, 2.05) is 17.0 Å². The maximum absolute atomic E-state index is 9.23. The van der Waals surface area contributed by atoms with Crippen LogP contribution in [0.3, 0.4) is 0 Å². The SMILES string of the molecule is [2H]c1c([2H])c([2H])c(N2c3ccc(-c4ccc5c(c4)c4cc(-c6ccccc6)ccc4n5-c4ccccc4)cc3C(C)(C)c3cc4c(cc32)C(C)(C)c2ccccc2-4)c([2H])c1[2H]. The highest BCUT2D eigenvalue weighted by atomic mass is 15.2. The zero-order valence-electron chi connectivity index (χ0n) is 36.8. The first-order valence-electron chi connectivity index (χ1n) is 21.9. The smallest absolute Gasteiger partial charge is 0.0645 e. The summed E-state index contributed by atoms with van der Waals surface area (Å²) in [7, 11) is 0. The number of anilines is 3. The van der Waals surface area contributed by atoms with Gasteiger partial charge in [-0.25, -0.2) is 0 Å². The van der Waals surface area contributed by atoms with E-state index in [-0.39, 0.29) is 35.3 Å². The van der Waals surface area contributed by atoms with E-state index in [0.29, 0.717) is 0 Å². The van der Waals surface area contributed by atoms with Gasteiger partial charge in [0.2, 0.25) is 0 Å². The number of hydrogen-bond acceptors (Lipinski definition) is 1. The molecule has 56 heavy (non-hydrogen) atoms. The first-order chi connectivity index (χ1) is 29.4. The van der Waals surface area contributed by atoms with Crippen LogP contribution in [0.25, 0.3) is 60.9 Å². The number of benzene rings is 8. The third-order valence-electron chi connectivity index (χ3n) is 12.5. The van der Waals surface area contributed by atoms with Gasteiger partial charge in [0.15, 0.2) is 0 Å². The highest BCUT2D eigenvalue weighted by Gasteiger charge is 2.42. The van der Waals surface area contributed by atoms with Crippen LogP contribution in [0, 0.1) is 0 Å². The normalized spacial score (nSPS) is 15.9. The van der Waals surface area contributed by atoms with Crippen LogP contribution in [0.15, 0.2) is 182 Å². The monoisotopic (exact) mass is 723 g/mol. The predicted molar refractivity (Wildman–Crippen MR) is 236 cm³/mol. The Morgan fingerprint density at radius 2 is 0.982 bits per heavy atom. The van der Waals surface area contributed by atoms with E-state index in [9.17, 15) is 2.74 Å². The predicted octanol–water partition coefficient (Wildman–Crippen LogP) is 14.5. The summed E-state index contributed by atoms with van der Waals surface area (Å²) >= 11 is 0. The Morgan fingerprint density at radius 1 is 0.411 bits per heavy atom. The summed E-state index contributed by atoms with van der Waals surface area (Å²) in [5.74, 6) is 0. The molecular weight excluding hydrogens is 677 g/mol. The van der Waals surface area contributed by atoms with Crippen molar-refractivity contribution in [3.63, 3.8) is 0 Å². The van der Waals surface area contributed by atoms with Gasteiger partial charge < -0.3 is 9.47 Å². The van der Waals surface area contributed by atoms with E-state index in [4.69, 9.17) is 4.11 Å². The summed E-state index contributed by atoms with van der Waals surface area (Å²) in [5.41, 5.74) is 15.5. The molecule has 0 saturated carbocycles. The second kappa shape index (κ2) is 11.9. The van der Waals surface area contributed by atoms with E-state index < -0.39 is 11.5 Å². The quantitative estimate of drug-likeness (QED) is 0.176. The molecule has 0 bridgehead atoms. The van der Waals surface area contributed by atoms with Gasteiger partial charge in [-0.1, -0.05) is 137 Å². The summed E-state index contributed by atoms with van der Waals surface area (Å²) in [6.07, 6.45) is 0. The molecule has 0 fully saturated rings. The van der Waals surface area contributed by atoms with Gasteiger partial charge in [0.05, 0.1) is 29.3 Å². The molecule has 0 unspecified atom stereocenters. The van der Waals surface area contributed by atoms with Crippen LogP contribution < -0.4 is 4.90 Å². The van der Waals surface area contributed by atoms with Crippen LogP contribution in [0.5, 0.6) is 0 Å². The van der Waals surface area contributed by atoms with Crippen molar-refractivity contribution >= 4 is 38.9 Å². The lowest BCUT2D eigenvalue weighted by Gasteiger charge is -2.43. The standard InChI is InChI=1S/C54H42N2/c1-53(2)45-23-15-14-22-41(45)42-33-48-52(34-46(42)53)56(40-20-12-7-13-21-40)51-29-26-38(32-47(51)54(48,3)4)37-25-28-50-44(31-37)43-30-36(35-16-8-5-9-17-35)24-27-49(43)55(50)39-18-10-6-11-19-39/h5-34H,1-4H3/i7D,12D,13D,20D,21D. The van der Waals surface area contributed by atoms with Crippen LogP contribution in [0.2, 0.25) is 0 Å². The zero-order chi connectivity index (χ0) is 42.1. The summed E-state index contributed by atoms with van der Waals surface area (Å²) in [6, 6.07) is 52.4. The van der Waals surface area contributed by atoms with Crippen LogP contribution in [-0.4, -0.2) is 4.57 Å². The summed E-state index contributed by atoms with van der Waals surface area (Å²) in [6.45, 7) is 8.97. The molecule has 2 nitrogen and oxygen atoms in total. The Labute approximate surface area is 336 Å². The fourth-order valence-electron chi connectivity index (χ4n) is 9.57. The van der Waals surface area contributed by atoms with Crippen molar-refractivity contribution in [2.24, 2.45) is 0 Å². The average molecular weight is 724 g/mol. The van der Waals surface area contributed by atoms with Gasteiger partial charge in [0.1, 0.15) is 0 Å². The van der Waals surface area contributed by atoms with Crippen molar-refractivity contribution < 1.29 is 6.85 Å². The molecule has 1 aliphatic carbocycles. The molecule has 1 aliphatic heterocycles. The second-order valence-corrected chi connectivity index (χ2v) is 16.3. The molecule has 8 aromatic carbocycles. The zero-order valence-corrected chi connectivity index (χ0v) is 31.8. The van der Waals surface area contributed by atoms with Crippen molar-refractivity contribution in [1.29, 1.82) is 0 Å². The number of hydrogen-bond donors (Lipinski definition) is 0. The molecule has 9 aromatic rings. The number of nitrogens with zero attached hydrogens (tertiary/aromatic N) is 2. The van der Waals surface area contributed by atoms with Crippen LogP contribution >= 0.6 is 0 Å². The molecule has 0 N–H and O–H groups in total. The van der Waals surface area contributed by atoms with Crippen molar-refractivity contribution in [2.75, 3.05) is 4.90 Å². The summed E-state index contributed by atoms with van der Waals surface area (Å²) < 4.78 is 46.7. The van der Waals surface area contributed by atoms with E-state index in [0.717, 1.165) is 66.9 Å². The maximum Gasteiger partial charge on any atom is 0.0645 e. The van der Waals surface area contributed by atoms with E-state index >= 15 is 0 Å². The average Bonchev–Trinajstić information content (AvgIpc) is 3.73. The number of rotatable bonds is 4. The summed E-state index contributed by atoms with van der Waals surface area (Å²) in [5, 5.41) is 2.31. The number of para-hydroxylation sites is 2. The Morgan fingerprint density at radius 3 is 1.70 bits per heavy atom.